The van der Waals surface area contributed by atoms with E-state index in [9.17, 15) is 41.1 Å². The summed E-state index contributed by atoms with van der Waals surface area (Å²) in [7, 11) is -4.60. The predicted molar refractivity (Wildman–Crippen MR) is 153 cm³/mol. The maximum Gasteiger partial charge on any atom is 0.416 e. The zero-order valence-electron chi connectivity index (χ0n) is 21.8. The van der Waals surface area contributed by atoms with Gasteiger partial charge in [0.05, 0.1) is 27.6 Å². The largest absolute Gasteiger partial charge is 0.481 e. The van der Waals surface area contributed by atoms with Crippen LogP contribution in [0, 0.1) is 23.1 Å². The Kier molecular flexibility index (Phi) is 6.78. The van der Waals surface area contributed by atoms with Crippen LogP contribution in [0.1, 0.15) is 10.4 Å². The van der Waals surface area contributed by atoms with E-state index >= 15 is 0 Å². The SMILES string of the molecule is N#Cc1sccc1-c1c(-c2cccc(N3CC(C(=O)O)C3)c2)n(S(=O)(=O)c2ccc(C(F)(F)F)cc2)c2ccc(F)cc12. The molecule has 0 unspecified atom stereocenters. The fourth-order valence-corrected chi connectivity index (χ4v) is 7.46. The molecule has 1 saturated heterocycles. The van der Waals surface area contributed by atoms with E-state index in [1.165, 1.54) is 6.07 Å². The van der Waals surface area contributed by atoms with Gasteiger partial charge in [-0.3, -0.25) is 4.79 Å². The Bertz CT molecular complexity index is 2050. The monoisotopic (exact) mass is 625 g/mol. The molecule has 7 nitrogen and oxygen atoms in total. The highest BCUT2D eigenvalue weighted by atomic mass is 32.2. The number of aromatic nitrogens is 1. The number of hydrogen-bond acceptors (Lipinski definition) is 6. The smallest absolute Gasteiger partial charge is 0.416 e. The van der Waals surface area contributed by atoms with E-state index in [2.05, 4.69) is 6.07 Å². The molecule has 0 atom stereocenters. The van der Waals surface area contributed by atoms with E-state index in [-0.39, 0.29) is 40.1 Å². The molecule has 1 fully saturated rings. The minimum Gasteiger partial charge on any atom is -0.481 e. The van der Waals surface area contributed by atoms with Gasteiger partial charge in [-0.15, -0.1) is 11.3 Å². The van der Waals surface area contributed by atoms with E-state index in [4.69, 9.17) is 0 Å². The third-order valence-electron chi connectivity index (χ3n) is 7.36. The second kappa shape index (κ2) is 10.3. The van der Waals surface area contributed by atoms with Crippen molar-refractivity contribution in [1.82, 2.24) is 3.97 Å². The number of carboxylic acid groups (broad SMARTS) is 1. The van der Waals surface area contributed by atoms with Crippen LogP contribution in [0.15, 0.2) is 83.1 Å². The molecule has 43 heavy (non-hydrogen) atoms. The summed E-state index contributed by atoms with van der Waals surface area (Å²) in [4.78, 5) is 13.0. The first-order chi connectivity index (χ1) is 20.4. The van der Waals surface area contributed by atoms with Crippen LogP contribution in [0.4, 0.5) is 23.2 Å². The first-order valence-corrected chi connectivity index (χ1v) is 15.0. The second-order valence-corrected chi connectivity index (χ2v) is 12.6. The summed E-state index contributed by atoms with van der Waals surface area (Å²) in [5.41, 5.74) is 0.696. The number of nitrogens with zero attached hydrogens (tertiary/aromatic N) is 3. The van der Waals surface area contributed by atoms with Gasteiger partial charge in [-0.05, 0) is 66.0 Å². The summed E-state index contributed by atoms with van der Waals surface area (Å²) in [5, 5.41) is 21.0. The molecule has 1 aliphatic rings. The highest BCUT2D eigenvalue weighted by molar-refractivity contribution is 7.90. The van der Waals surface area contributed by atoms with Gasteiger partial charge in [0.2, 0.25) is 0 Å². The van der Waals surface area contributed by atoms with E-state index in [0.29, 0.717) is 28.9 Å². The molecule has 0 aliphatic carbocycles. The second-order valence-electron chi connectivity index (χ2n) is 9.94. The molecular formula is C30H19F4N3O4S2. The number of aliphatic carboxylic acids is 1. The molecule has 3 aromatic carbocycles. The van der Waals surface area contributed by atoms with Gasteiger partial charge in [0.15, 0.2) is 0 Å². The van der Waals surface area contributed by atoms with Gasteiger partial charge >= 0.3 is 12.1 Å². The van der Waals surface area contributed by atoms with Gasteiger partial charge in [-0.1, -0.05) is 12.1 Å². The number of alkyl halides is 3. The van der Waals surface area contributed by atoms with Crippen molar-refractivity contribution in [3.8, 4) is 28.5 Å². The Labute approximate surface area is 246 Å². The highest BCUT2D eigenvalue weighted by Crippen LogP contribution is 2.46. The number of halogens is 4. The van der Waals surface area contributed by atoms with Crippen molar-refractivity contribution in [2.75, 3.05) is 18.0 Å². The summed E-state index contributed by atoms with van der Waals surface area (Å²) < 4.78 is 84.0. The van der Waals surface area contributed by atoms with Crippen LogP contribution in [0.25, 0.3) is 33.3 Å². The Morgan fingerprint density at radius 2 is 1.74 bits per heavy atom. The van der Waals surface area contributed by atoms with Crippen LogP contribution in [0.5, 0.6) is 0 Å². The van der Waals surface area contributed by atoms with Crippen LogP contribution >= 0.6 is 11.3 Å². The van der Waals surface area contributed by atoms with Crippen LogP contribution in [-0.2, 0) is 21.0 Å². The first-order valence-electron chi connectivity index (χ1n) is 12.7. The topological polar surface area (TPSA) is 103 Å². The molecule has 5 aromatic rings. The lowest BCUT2D eigenvalue weighted by molar-refractivity contribution is -0.142. The lowest BCUT2D eigenvalue weighted by Crippen LogP contribution is -2.50. The van der Waals surface area contributed by atoms with Crippen LogP contribution in [0.3, 0.4) is 0 Å². The molecule has 2 aromatic heterocycles. The first kappa shape index (κ1) is 28.4. The van der Waals surface area contributed by atoms with Crippen molar-refractivity contribution < 1.29 is 35.9 Å². The van der Waals surface area contributed by atoms with Crippen LogP contribution in [-0.4, -0.2) is 36.6 Å². The lowest BCUT2D eigenvalue weighted by atomic mass is 9.96. The molecule has 13 heteroatoms. The third-order valence-corrected chi connectivity index (χ3v) is 9.91. The van der Waals surface area contributed by atoms with Gasteiger partial charge in [0, 0.05) is 40.9 Å². The average Bonchev–Trinajstić information content (AvgIpc) is 3.53. The summed E-state index contributed by atoms with van der Waals surface area (Å²) in [6.07, 6.45) is -4.68. The van der Waals surface area contributed by atoms with Crippen LogP contribution < -0.4 is 4.90 Å². The minimum absolute atomic E-state index is 0.0571. The summed E-state index contributed by atoms with van der Waals surface area (Å²) >= 11 is 1.12. The number of rotatable bonds is 6. The Morgan fingerprint density at radius 3 is 2.40 bits per heavy atom. The van der Waals surface area contributed by atoms with Gasteiger partial charge in [0.25, 0.3) is 10.0 Å². The van der Waals surface area contributed by atoms with E-state index in [1.807, 2.05) is 4.90 Å². The minimum atomic E-state index is -4.68. The predicted octanol–water partition coefficient (Wildman–Crippen LogP) is 6.82. The quantitative estimate of drug-likeness (QED) is 0.208. The molecule has 218 valence electrons. The van der Waals surface area contributed by atoms with Gasteiger partial charge in [-0.2, -0.15) is 18.4 Å². The number of nitriles is 1. The van der Waals surface area contributed by atoms with Crippen molar-refractivity contribution in [3.63, 3.8) is 0 Å². The number of thiophene rings is 1. The molecule has 1 aliphatic heterocycles. The molecule has 6 rings (SSSR count). The number of carbonyl (C=O) groups is 1. The van der Waals surface area contributed by atoms with Crippen molar-refractivity contribution in [2.45, 2.75) is 11.1 Å². The number of benzene rings is 3. The molecule has 0 spiro atoms. The van der Waals surface area contributed by atoms with Crippen molar-refractivity contribution >= 4 is 43.9 Å². The Morgan fingerprint density at radius 1 is 1.02 bits per heavy atom. The number of hydrogen-bond donors (Lipinski definition) is 1. The van der Waals surface area contributed by atoms with Gasteiger partial charge < -0.3 is 10.0 Å². The van der Waals surface area contributed by atoms with Crippen molar-refractivity contribution in [1.29, 1.82) is 5.26 Å². The standard InChI is InChI=1S/C30H19F4N3O4S2/c31-20-6-9-25-24(13-20)27(23-10-11-42-26(23)14-35)28(17-2-1-3-21(12-17)36-15-18(16-36)29(38)39)37(25)43(40,41)22-7-4-19(5-8-22)30(32,33)34/h1-13,18H,15-16H2,(H,38,39). The number of anilines is 1. The van der Waals surface area contributed by atoms with Crippen LogP contribution in [0.2, 0.25) is 0 Å². The average molecular weight is 626 g/mol. The summed E-state index contributed by atoms with van der Waals surface area (Å²) in [6.45, 7) is 0.486. The summed E-state index contributed by atoms with van der Waals surface area (Å²) in [5.74, 6) is -2.15. The lowest BCUT2D eigenvalue weighted by Gasteiger charge is -2.38. The molecule has 3 heterocycles. The highest BCUT2D eigenvalue weighted by Gasteiger charge is 2.35. The molecular weight excluding hydrogens is 606 g/mol. The van der Waals surface area contributed by atoms with Crippen molar-refractivity contribution in [3.05, 3.63) is 94.4 Å². The van der Waals surface area contributed by atoms with Crippen molar-refractivity contribution in [2.24, 2.45) is 5.92 Å². The fraction of sp³-hybridized carbons (Fsp3) is 0.133. The Hall–Kier alpha value is -4.67. The fourth-order valence-electron chi connectivity index (χ4n) is 5.23. The van der Waals surface area contributed by atoms with Gasteiger partial charge in [0.1, 0.15) is 16.8 Å². The number of carboxylic acids is 1. The van der Waals surface area contributed by atoms with E-state index in [1.54, 1.807) is 35.7 Å². The van der Waals surface area contributed by atoms with Gasteiger partial charge in [-0.25, -0.2) is 16.8 Å². The molecule has 0 saturated carbocycles. The number of fused-ring (bicyclic) bond motifs is 1. The third kappa shape index (κ3) is 4.82. The zero-order valence-corrected chi connectivity index (χ0v) is 23.5. The van der Waals surface area contributed by atoms with E-state index in [0.717, 1.165) is 39.6 Å². The van der Waals surface area contributed by atoms with E-state index < -0.39 is 44.4 Å². The molecule has 1 N–H and O–H groups in total. The Balaban J connectivity index is 1.65. The normalized spacial score (nSPS) is 14.1. The maximum absolute atomic E-state index is 14.7. The molecule has 0 bridgehead atoms. The maximum atomic E-state index is 14.7. The molecule has 0 amide bonds. The summed E-state index contributed by atoms with van der Waals surface area (Å²) in [6, 6.07) is 17.0. The zero-order chi connectivity index (χ0) is 30.7. The molecule has 0 radical (unpaired) electrons.